The lowest BCUT2D eigenvalue weighted by Gasteiger charge is -2.41. The van der Waals surface area contributed by atoms with Gasteiger partial charge in [-0.1, -0.05) is 0 Å². The monoisotopic (exact) mass is 427 g/mol. The van der Waals surface area contributed by atoms with Crippen LogP contribution < -0.4 is 0 Å². The zero-order chi connectivity index (χ0) is 21.8. The number of carboxylic acid groups (broad SMARTS) is 2. The lowest BCUT2D eigenvalue weighted by Crippen LogP contribution is -2.52. The highest BCUT2D eigenvalue weighted by Crippen LogP contribution is 2.23. The topological polar surface area (TPSA) is 101 Å². The van der Waals surface area contributed by atoms with E-state index in [1.165, 1.54) is 31.7 Å². The molecule has 2 aliphatic heterocycles. The van der Waals surface area contributed by atoms with Gasteiger partial charge in [-0.3, -0.25) is 19.3 Å². The van der Waals surface area contributed by atoms with E-state index in [9.17, 15) is 4.79 Å². The Kier molecular flexibility index (Phi) is 11.5. The van der Waals surface area contributed by atoms with Crippen LogP contribution in [0.15, 0.2) is 11.4 Å². The van der Waals surface area contributed by atoms with Gasteiger partial charge in [0.25, 0.3) is 18.9 Å². The van der Waals surface area contributed by atoms with Crippen LogP contribution in [0.4, 0.5) is 0 Å². The molecular weight excluding hydrogens is 394 g/mol. The fourth-order valence-corrected chi connectivity index (χ4v) is 4.66. The summed E-state index contributed by atoms with van der Waals surface area (Å²) < 4.78 is 0. The predicted molar refractivity (Wildman–Crippen MR) is 114 cm³/mol. The maximum Gasteiger partial charge on any atom is 0.290 e. The molecule has 1 unspecified atom stereocenters. The van der Waals surface area contributed by atoms with Gasteiger partial charge >= 0.3 is 0 Å². The Morgan fingerprint density at radius 2 is 1.76 bits per heavy atom. The smallest absolute Gasteiger partial charge is 0.290 e. The molecule has 0 saturated carbocycles. The van der Waals surface area contributed by atoms with Gasteiger partial charge in [0, 0.05) is 45.3 Å². The first-order valence-electron chi connectivity index (χ1n) is 9.78. The van der Waals surface area contributed by atoms with Gasteiger partial charge in [-0.25, -0.2) is 0 Å². The fourth-order valence-electron chi connectivity index (χ4n) is 3.80. The van der Waals surface area contributed by atoms with Crippen LogP contribution in [0.1, 0.15) is 35.0 Å². The molecule has 2 fully saturated rings. The van der Waals surface area contributed by atoms with E-state index in [2.05, 4.69) is 41.0 Å². The van der Waals surface area contributed by atoms with Crippen LogP contribution in [0.3, 0.4) is 0 Å². The van der Waals surface area contributed by atoms with Crippen LogP contribution in [0.2, 0.25) is 0 Å². The number of carbonyl (C=O) groups is 3. The SMILES string of the molecule is Cc1csc(C(=O)N2CCC(CN3CCN(C)CC3C)CC2)c1.O=CO.O=CO. The summed E-state index contributed by atoms with van der Waals surface area (Å²) in [5.74, 6) is 0.976. The van der Waals surface area contributed by atoms with E-state index in [4.69, 9.17) is 19.8 Å². The highest BCUT2D eigenvalue weighted by Gasteiger charge is 2.28. The molecule has 2 saturated heterocycles. The van der Waals surface area contributed by atoms with Gasteiger partial charge in [0.2, 0.25) is 0 Å². The summed E-state index contributed by atoms with van der Waals surface area (Å²) in [6, 6.07) is 2.67. The van der Waals surface area contributed by atoms with Gasteiger partial charge < -0.3 is 20.0 Å². The minimum Gasteiger partial charge on any atom is -0.483 e. The van der Waals surface area contributed by atoms with Gasteiger partial charge in [0.1, 0.15) is 0 Å². The van der Waals surface area contributed by atoms with Crippen molar-refractivity contribution in [1.29, 1.82) is 0 Å². The van der Waals surface area contributed by atoms with Crippen LogP contribution >= 0.6 is 11.3 Å². The van der Waals surface area contributed by atoms with Crippen molar-refractivity contribution in [3.8, 4) is 0 Å². The third-order valence-electron chi connectivity index (χ3n) is 5.30. The molecule has 1 aromatic rings. The van der Waals surface area contributed by atoms with E-state index in [1.54, 1.807) is 11.3 Å². The number of thiophene rings is 1. The maximum absolute atomic E-state index is 12.5. The molecule has 1 aromatic heterocycles. The van der Waals surface area contributed by atoms with Gasteiger partial charge in [-0.2, -0.15) is 0 Å². The average molecular weight is 428 g/mol. The van der Waals surface area contributed by atoms with Crippen LogP contribution in [0.25, 0.3) is 0 Å². The summed E-state index contributed by atoms with van der Waals surface area (Å²) in [5.41, 5.74) is 1.19. The molecule has 164 valence electrons. The molecule has 3 heterocycles. The van der Waals surface area contributed by atoms with Gasteiger partial charge in [-0.15, -0.1) is 11.3 Å². The number of aryl methyl sites for hydroxylation is 1. The molecule has 8 nitrogen and oxygen atoms in total. The van der Waals surface area contributed by atoms with Crippen molar-refractivity contribution in [3.63, 3.8) is 0 Å². The molecule has 2 N–H and O–H groups in total. The molecule has 0 spiro atoms. The zero-order valence-corrected chi connectivity index (χ0v) is 18.3. The second kappa shape index (κ2) is 13.3. The maximum atomic E-state index is 12.5. The van der Waals surface area contributed by atoms with E-state index in [0.717, 1.165) is 36.7 Å². The third kappa shape index (κ3) is 8.51. The number of hydrogen-bond acceptors (Lipinski definition) is 6. The van der Waals surface area contributed by atoms with E-state index in [-0.39, 0.29) is 18.9 Å². The molecule has 9 heteroatoms. The Morgan fingerprint density at radius 3 is 2.24 bits per heavy atom. The molecule has 1 atom stereocenters. The quantitative estimate of drug-likeness (QED) is 0.711. The molecule has 0 bridgehead atoms. The Hall–Kier alpha value is -1.97. The summed E-state index contributed by atoms with van der Waals surface area (Å²) in [6.45, 7) is 10.5. The largest absolute Gasteiger partial charge is 0.483 e. The Bertz CT molecular complexity index is 625. The van der Waals surface area contributed by atoms with Crippen LogP contribution in [0.5, 0.6) is 0 Å². The number of carbonyl (C=O) groups excluding carboxylic acids is 1. The number of piperazine rings is 1. The summed E-state index contributed by atoms with van der Waals surface area (Å²) in [6.07, 6.45) is 2.30. The second-order valence-electron chi connectivity index (χ2n) is 7.54. The molecule has 3 rings (SSSR count). The Balaban J connectivity index is 0.000000626. The molecule has 0 radical (unpaired) electrons. The summed E-state index contributed by atoms with van der Waals surface area (Å²) in [4.78, 5) is 37.3. The molecule has 1 amide bonds. The van der Waals surface area contributed by atoms with E-state index < -0.39 is 0 Å². The van der Waals surface area contributed by atoms with Crippen molar-refractivity contribution in [2.75, 3.05) is 46.3 Å². The van der Waals surface area contributed by atoms with E-state index in [0.29, 0.717) is 6.04 Å². The number of amides is 1. The summed E-state index contributed by atoms with van der Waals surface area (Å²) in [5, 5.41) is 15.8. The first kappa shape index (κ1) is 25.1. The minimum absolute atomic E-state index is 0.231. The predicted octanol–water partition coefficient (Wildman–Crippen LogP) is 1.95. The number of likely N-dealkylation sites (tertiary alicyclic amines) is 1. The van der Waals surface area contributed by atoms with Crippen LogP contribution in [-0.4, -0.2) is 96.1 Å². The van der Waals surface area contributed by atoms with Crippen LogP contribution in [-0.2, 0) is 9.59 Å². The highest BCUT2D eigenvalue weighted by molar-refractivity contribution is 7.12. The van der Waals surface area contributed by atoms with Crippen molar-refractivity contribution in [2.45, 2.75) is 32.7 Å². The number of nitrogens with zero attached hydrogens (tertiary/aromatic N) is 3. The number of hydrogen-bond donors (Lipinski definition) is 2. The molecule has 29 heavy (non-hydrogen) atoms. The molecular formula is C20H33N3O5S. The lowest BCUT2D eigenvalue weighted by molar-refractivity contribution is -0.123. The van der Waals surface area contributed by atoms with Crippen molar-refractivity contribution in [2.24, 2.45) is 5.92 Å². The van der Waals surface area contributed by atoms with Crippen molar-refractivity contribution in [3.05, 3.63) is 21.9 Å². The summed E-state index contributed by atoms with van der Waals surface area (Å²) in [7, 11) is 2.21. The summed E-state index contributed by atoms with van der Waals surface area (Å²) >= 11 is 1.58. The minimum atomic E-state index is -0.250. The van der Waals surface area contributed by atoms with Crippen LogP contribution in [0, 0.1) is 12.8 Å². The van der Waals surface area contributed by atoms with Gasteiger partial charge in [0.15, 0.2) is 0 Å². The lowest BCUT2D eigenvalue weighted by atomic mass is 9.95. The van der Waals surface area contributed by atoms with Gasteiger partial charge in [-0.05, 0) is 56.7 Å². The number of likely N-dealkylation sites (N-methyl/N-ethyl adjacent to an activating group) is 1. The van der Waals surface area contributed by atoms with E-state index >= 15 is 0 Å². The highest BCUT2D eigenvalue weighted by atomic mass is 32.1. The first-order valence-corrected chi connectivity index (χ1v) is 10.7. The number of rotatable bonds is 3. The standard InChI is InChI=1S/C18H29N3OS.2CH2O2/c1-14-10-17(23-13-14)18(22)20-6-4-16(5-7-20)12-21-9-8-19(3)11-15(21)2;2*2-1-3/h10,13,15-16H,4-9,11-12H2,1-3H3;2*1H,(H,2,3). The van der Waals surface area contributed by atoms with E-state index in [1.807, 2.05) is 6.07 Å². The van der Waals surface area contributed by atoms with Gasteiger partial charge in [0.05, 0.1) is 4.88 Å². The number of piperidine rings is 1. The van der Waals surface area contributed by atoms with Crippen molar-refractivity contribution < 1.29 is 24.6 Å². The molecule has 2 aliphatic rings. The zero-order valence-electron chi connectivity index (χ0n) is 17.5. The van der Waals surface area contributed by atoms with Crippen molar-refractivity contribution in [1.82, 2.24) is 14.7 Å². The second-order valence-corrected chi connectivity index (χ2v) is 8.45. The third-order valence-corrected chi connectivity index (χ3v) is 6.34. The Morgan fingerprint density at radius 1 is 1.17 bits per heavy atom. The Labute approximate surface area is 176 Å². The fraction of sp³-hybridized carbons (Fsp3) is 0.650. The first-order chi connectivity index (χ1) is 13.9. The average Bonchev–Trinajstić information content (AvgIpc) is 3.12. The normalized spacial score (nSPS) is 20.7. The molecule has 0 aliphatic carbocycles. The van der Waals surface area contributed by atoms with Crippen molar-refractivity contribution >= 4 is 30.2 Å². The molecule has 0 aromatic carbocycles.